The highest BCUT2D eigenvalue weighted by Gasteiger charge is 2.39. The van der Waals surface area contributed by atoms with Gasteiger partial charge in [0, 0.05) is 26.6 Å². The summed E-state index contributed by atoms with van der Waals surface area (Å²) < 4.78 is 1.27. The fourth-order valence-corrected chi connectivity index (χ4v) is 5.71. The van der Waals surface area contributed by atoms with Crippen molar-refractivity contribution < 1.29 is 0 Å². The molecule has 3 aromatic rings. The molecule has 1 N–H and O–H groups in total. The molecule has 0 saturated heterocycles. The van der Waals surface area contributed by atoms with Crippen LogP contribution in [-0.4, -0.2) is 0 Å². The van der Waals surface area contributed by atoms with Crippen LogP contribution in [0.5, 0.6) is 0 Å². The van der Waals surface area contributed by atoms with E-state index < -0.39 is 0 Å². The Morgan fingerprint density at radius 2 is 1.87 bits per heavy atom. The van der Waals surface area contributed by atoms with Crippen LogP contribution in [0.15, 0.2) is 60.7 Å². The second kappa shape index (κ2) is 5.12. The maximum Gasteiger partial charge on any atom is 0.0662 e. The number of hydrogen-bond acceptors (Lipinski definition) is 2. The van der Waals surface area contributed by atoms with E-state index in [1.165, 1.54) is 26.2 Å². The Bertz CT molecular complexity index is 926. The molecule has 0 saturated carbocycles. The Balaban J connectivity index is 1.67. The van der Waals surface area contributed by atoms with Crippen molar-refractivity contribution in [2.24, 2.45) is 5.92 Å². The number of benzene rings is 2. The molecule has 1 aliphatic carbocycles. The summed E-state index contributed by atoms with van der Waals surface area (Å²) >= 11 is 8.59. The van der Waals surface area contributed by atoms with E-state index >= 15 is 0 Å². The lowest BCUT2D eigenvalue weighted by Crippen LogP contribution is -2.28. The maximum absolute atomic E-state index is 6.76. The van der Waals surface area contributed by atoms with Crippen LogP contribution in [0.25, 0.3) is 10.1 Å². The molecule has 1 nitrogen and oxygen atoms in total. The predicted molar refractivity (Wildman–Crippen MR) is 99.6 cm³/mol. The third-order valence-corrected chi connectivity index (χ3v) is 6.89. The molecule has 1 aliphatic heterocycles. The Hall–Kier alpha value is -1.77. The van der Waals surface area contributed by atoms with Crippen LogP contribution < -0.4 is 5.32 Å². The second-order valence-corrected chi connectivity index (χ2v) is 7.80. The summed E-state index contributed by atoms with van der Waals surface area (Å²) in [6.07, 6.45) is 5.81. The summed E-state index contributed by atoms with van der Waals surface area (Å²) in [5, 5.41) is 5.87. The number of nitrogens with one attached hydrogen (secondary N) is 1. The zero-order valence-corrected chi connectivity index (χ0v) is 14.1. The molecule has 1 aromatic heterocycles. The average molecular weight is 338 g/mol. The van der Waals surface area contributed by atoms with Gasteiger partial charge in [-0.2, -0.15) is 0 Å². The third-order valence-electron chi connectivity index (χ3n) is 5.11. The third kappa shape index (κ3) is 1.98. The molecule has 114 valence electrons. The quantitative estimate of drug-likeness (QED) is 0.508. The van der Waals surface area contributed by atoms with E-state index in [1.807, 2.05) is 11.3 Å². The molecule has 0 spiro atoms. The molecule has 5 rings (SSSR count). The van der Waals surface area contributed by atoms with Crippen molar-refractivity contribution in [3.63, 3.8) is 0 Å². The summed E-state index contributed by atoms with van der Waals surface area (Å²) in [6, 6.07) is 17.4. The first-order valence-corrected chi connectivity index (χ1v) is 9.21. The lowest BCUT2D eigenvalue weighted by Gasteiger charge is -2.36. The van der Waals surface area contributed by atoms with Crippen molar-refractivity contribution in [3.05, 3.63) is 76.1 Å². The first kappa shape index (κ1) is 13.6. The highest BCUT2D eigenvalue weighted by Crippen LogP contribution is 2.53. The fourth-order valence-electron chi connectivity index (χ4n) is 4.04. The Morgan fingerprint density at radius 1 is 1.04 bits per heavy atom. The first-order chi connectivity index (χ1) is 11.3. The van der Waals surface area contributed by atoms with Gasteiger partial charge in [-0.3, -0.25) is 0 Å². The van der Waals surface area contributed by atoms with Gasteiger partial charge in [0.05, 0.1) is 11.1 Å². The van der Waals surface area contributed by atoms with E-state index in [4.69, 9.17) is 11.6 Å². The van der Waals surface area contributed by atoms with Crippen molar-refractivity contribution in [2.45, 2.75) is 18.4 Å². The van der Waals surface area contributed by atoms with Gasteiger partial charge in [0.15, 0.2) is 0 Å². The zero-order chi connectivity index (χ0) is 15.4. The lowest BCUT2D eigenvalue weighted by molar-refractivity contribution is 0.430. The number of thiophene rings is 1. The molecule has 2 aliphatic rings. The number of fused-ring (bicyclic) bond motifs is 4. The largest absolute Gasteiger partial charge is 0.377 e. The second-order valence-electron chi connectivity index (χ2n) is 6.34. The van der Waals surface area contributed by atoms with Crippen LogP contribution in [0.3, 0.4) is 0 Å². The summed E-state index contributed by atoms with van der Waals surface area (Å²) in [5.41, 5.74) is 2.67. The van der Waals surface area contributed by atoms with Crippen LogP contribution in [0, 0.1) is 5.92 Å². The van der Waals surface area contributed by atoms with Crippen molar-refractivity contribution in [2.75, 3.05) is 5.32 Å². The van der Waals surface area contributed by atoms with Gasteiger partial charge >= 0.3 is 0 Å². The molecular weight excluding hydrogens is 322 g/mol. The van der Waals surface area contributed by atoms with Crippen LogP contribution in [-0.2, 0) is 0 Å². The molecule has 3 heteroatoms. The topological polar surface area (TPSA) is 12.0 Å². The number of allylic oxidation sites excluding steroid dienone is 2. The molecule has 2 aromatic carbocycles. The van der Waals surface area contributed by atoms with E-state index in [1.54, 1.807) is 0 Å². The SMILES string of the molecule is Clc1c([C@H]2Nc3ccccc3[C@H]3C=CC[C@H]32)sc2ccccc12. The highest BCUT2D eigenvalue weighted by atomic mass is 35.5. The van der Waals surface area contributed by atoms with Crippen molar-refractivity contribution in [1.82, 2.24) is 0 Å². The molecule has 2 heterocycles. The van der Waals surface area contributed by atoms with Crippen molar-refractivity contribution in [1.29, 1.82) is 0 Å². The zero-order valence-electron chi connectivity index (χ0n) is 12.5. The van der Waals surface area contributed by atoms with Crippen molar-refractivity contribution in [3.8, 4) is 0 Å². The van der Waals surface area contributed by atoms with E-state index in [0.29, 0.717) is 11.8 Å². The smallest absolute Gasteiger partial charge is 0.0662 e. The summed E-state index contributed by atoms with van der Waals surface area (Å²) in [7, 11) is 0. The summed E-state index contributed by atoms with van der Waals surface area (Å²) in [6.45, 7) is 0. The predicted octanol–water partition coefficient (Wildman–Crippen LogP) is 6.38. The number of para-hydroxylation sites is 1. The molecule has 0 bridgehead atoms. The lowest BCUT2D eigenvalue weighted by atomic mass is 9.79. The Morgan fingerprint density at radius 3 is 2.78 bits per heavy atom. The number of halogens is 1. The minimum atomic E-state index is 0.287. The van der Waals surface area contributed by atoms with Gasteiger partial charge in [0.1, 0.15) is 0 Å². The maximum atomic E-state index is 6.76. The molecule has 0 unspecified atom stereocenters. The molecule has 23 heavy (non-hydrogen) atoms. The molecule has 3 atom stereocenters. The summed E-state index contributed by atoms with van der Waals surface area (Å²) in [4.78, 5) is 1.28. The Labute approximate surface area is 144 Å². The normalized spacial score (nSPS) is 25.2. The molecule has 0 fully saturated rings. The minimum Gasteiger partial charge on any atom is -0.377 e. The number of anilines is 1. The first-order valence-electron chi connectivity index (χ1n) is 8.02. The van der Waals surface area contributed by atoms with Crippen LogP contribution in [0.4, 0.5) is 5.69 Å². The average Bonchev–Trinajstić information content (AvgIpc) is 3.20. The van der Waals surface area contributed by atoms with E-state index in [-0.39, 0.29) is 6.04 Å². The van der Waals surface area contributed by atoms with Gasteiger partial charge in [0.25, 0.3) is 0 Å². The van der Waals surface area contributed by atoms with Gasteiger partial charge in [-0.05, 0) is 30.0 Å². The standard InChI is InChI=1S/C20H16ClNS/c21-18-15-7-2-4-11-17(15)23-20(18)19-14-9-5-8-12(14)13-6-1-3-10-16(13)22-19/h1-8,10-12,14,19,22H,9H2/t12-,14-,19+/m1/s1. The fraction of sp³-hybridized carbons (Fsp3) is 0.200. The highest BCUT2D eigenvalue weighted by molar-refractivity contribution is 7.19. The minimum absolute atomic E-state index is 0.287. The van der Waals surface area contributed by atoms with E-state index in [0.717, 1.165) is 11.4 Å². The van der Waals surface area contributed by atoms with Gasteiger partial charge in [-0.15, -0.1) is 11.3 Å². The van der Waals surface area contributed by atoms with Crippen LogP contribution >= 0.6 is 22.9 Å². The Kier molecular flexibility index (Phi) is 3.04. The van der Waals surface area contributed by atoms with Gasteiger partial charge in [-0.1, -0.05) is 60.2 Å². The molecular formula is C20H16ClNS. The van der Waals surface area contributed by atoms with Crippen LogP contribution in [0.2, 0.25) is 5.02 Å². The van der Waals surface area contributed by atoms with E-state index in [9.17, 15) is 0 Å². The van der Waals surface area contributed by atoms with E-state index in [2.05, 4.69) is 66.0 Å². The van der Waals surface area contributed by atoms with Gasteiger partial charge in [-0.25, -0.2) is 0 Å². The van der Waals surface area contributed by atoms with Crippen LogP contribution in [0.1, 0.15) is 28.8 Å². The van der Waals surface area contributed by atoms with Gasteiger partial charge < -0.3 is 5.32 Å². The number of rotatable bonds is 1. The van der Waals surface area contributed by atoms with Crippen molar-refractivity contribution >= 4 is 38.7 Å². The monoisotopic (exact) mass is 337 g/mol. The summed E-state index contributed by atoms with van der Waals surface area (Å²) in [5.74, 6) is 1.05. The molecule has 0 radical (unpaired) electrons. The van der Waals surface area contributed by atoms with Gasteiger partial charge in [0.2, 0.25) is 0 Å². The number of hydrogen-bond donors (Lipinski definition) is 1. The molecule has 0 amide bonds.